The fraction of sp³-hybridized carbons (Fsp3) is 0.656. The van der Waals surface area contributed by atoms with Gasteiger partial charge in [0, 0.05) is 48.0 Å². The van der Waals surface area contributed by atoms with Gasteiger partial charge in [-0.2, -0.15) is 0 Å². The second-order valence-electron chi connectivity index (χ2n) is 13.6. The van der Waals surface area contributed by atoms with Gasteiger partial charge in [-0.1, -0.05) is 20.8 Å². The predicted molar refractivity (Wildman–Crippen MR) is 148 cm³/mol. The van der Waals surface area contributed by atoms with Crippen molar-refractivity contribution < 1.29 is 57.6 Å². The van der Waals surface area contributed by atoms with Crippen LogP contribution in [0.15, 0.2) is 34.3 Å². The van der Waals surface area contributed by atoms with Crippen molar-refractivity contribution in [1.82, 2.24) is 0 Å². The van der Waals surface area contributed by atoms with Crippen molar-refractivity contribution in [3.63, 3.8) is 0 Å². The minimum atomic E-state index is -2.14. The van der Waals surface area contributed by atoms with Gasteiger partial charge in [0.05, 0.1) is 37.3 Å². The number of ether oxygens (including phenoxy) is 4. The second kappa shape index (κ2) is 9.26. The number of epoxide rings is 1. The van der Waals surface area contributed by atoms with Gasteiger partial charge >= 0.3 is 17.9 Å². The molecule has 12 nitrogen and oxygen atoms in total. The number of carbonyl (C=O) groups excluding carboxylic acids is 5. The smallest absolute Gasteiger partial charge is 0.323 e. The lowest BCUT2D eigenvalue weighted by molar-refractivity contribution is -0.260. The molecule has 1 saturated heterocycles. The van der Waals surface area contributed by atoms with E-state index >= 15 is 0 Å². The Balaban J connectivity index is 1.71. The highest BCUT2D eigenvalue weighted by molar-refractivity contribution is 6.12. The highest BCUT2D eigenvalue weighted by atomic mass is 16.6. The van der Waals surface area contributed by atoms with Gasteiger partial charge in [-0.15, -0.1) is 0 Å². The van der Waals surface area contributed by atoms with Crippen molar-refractivity contribution in [2.75, 3.05) is 7.11 Å². The van der Waals surface area contributed by atoms with Crippen LogP contribution in [0.25, 0.3) is 0 Å². The van der Waals surface area contributed by atoms with Gasteiger partial charge in [0.1, 0.15) is 23.2 Å². The summed E-state index contributed by atoms with van der Waals surface area (Å²) in [5, 5.41) is 23.7. The van der Waals surface area contributed by atoms with Crippen LogP contribution in [0, 0.1) is 27.6 Å². The number of allylic oxidation sites excluding steroid dienone is 1. The topological polar surface area (TPSA) is 179 Å². The highest BCUT2D eigenvalue weighted by Crippen LogP contribution is 2.82. The number of ketones is 2. The Hall–Kier alpha value is -3.51. The van der Waals surface area contributed by atoms with E-state index in [4.69, 9.17) is 23.4 Å². The maximum Gasteiger partial charge on any atom is 0.323 e. The van der Waals surface area contributed by atoms with E-state index in [2.05, 4.69) is 0 Å². The first kappa shape index (κ1) is 30.5. The minimum absolute atomic E-state index is 0.00531. The largest absolute Gasteiger partial charge is 0.504 e. The molecule has 1 aromatic rings. The summed E-state index contributed by atoms with van der Waals surface area (Å²) in [4.78, 5) is 67.6. The summed E-state index contributed by atoms with van der Waals surface area (Å²) >= 11 is 0. The molecule has 44 heavy (non-hydrogen) atoms. The van der Waals surface area contributed by atoms with Crippen molar-refractivity contribution in [3.8, 4) is 0 Å². The maximum absolute atomic E-state index is 14.8. The molecule has 0 aromatic carbocycles. The molecule has 1 aliphatic heterocycles. The normalized spacial score (nSPS) is 45.5. The summed E-state index contributed by atoms with van der Waals surface area (Å²) in [5.41, 5.74) is -7.70. The number of Topliss-reactive ketones (excluding diaryl/α,β-unsaturated/α-hetero) is 2. The van der Waals surface area contributed by atoms with Crippen LogP contribution in [0.2, 0.25) is 0 Å². The third kappa shape index (κ3) is 3.18. The van der Waals surface area contributed by atoms with Crippen molar-refractivity contribution in [3.05, 3.63) is 35.5 Å². The number of carbonyl (C=O) groups is 5. The summed E-state index contributed by atoms with van der Waals surface area (Å²) in [6, 6.07) is 1.78. The molecule has 4 fully saturated rings. The van der Waals surface area contributed by atoms with Crippen LogP contribution in [-0.4, -0.2) is 76.8 Å². The Labute approximate surface area is 254 Å². The average molecular weight is 615 g/mol. The molecule has 6 rings (SSSR count). The fourth-order valence-corrected chi connectivity index (χ4v) is 10.1. The van der Waals surface area contributed by atoms with Gasteiger partial charge in [-0.05, 0) is 31.9 Å². The molecule has 5 aliphatic rings. The quantitative estimate of drug-likeness (QED) is 0.215. The molecule has 0 unspecified atom stereocenters. The van der Waals surface area contributed by atoms with Gasteiger partial charge in [-0.3, -0.25) is 24.0 Å². The molecule has 11 atom stereocenters. The number of hydrogen-bond acceptors (Lipinski definition) is 12. The van der Waals surface area contributed by atoms with Crippen molar-refractivity contribution in [2.24, 2.45) is 27.6 Å². The molecule has 0 radical (unpaired) electrons. The summed E-state index contributed by atoms with van der Waals surface area (Å²) < 4.78 is 29.2. The molecule has 2 heterocycles. The van der Waals surface area contributed by atoms with E-state index in [-0.39, 0.29) is 12.0 Å². The number of aliphatic hydroxyl groups excluding tert-OH is 2. The van der Waals surface area contributed by atoms with E-state index in [0.717, 1.165) is 12.7 Å². The van der Waals surface area contributed by atoms with Gasteiger partial charge in [0.2, 0.25) is 5.78 Å². The molecule has 3 saturated carbocycles. The van der Waals surface area contributed by atoms with Crippen molar-refractivity contribution in [1.29, 1.82) is 0 Å². The Morgan fingerprint density at radius 1 is 1.11 bits per heavy atom. The van der Waals surface area contributed by atoms with Crippen LogP contribution in [-0.2, 0) is 42.9 Å². The average Bonchev–Trinajstić information content (AvgIpc) is 3.33. The van der Waals surface area contributed by atoms with E-state index in [1.54, 1.807) is 33.1 Å². The maximum atomic E-state index is 14.8. The van der Waals surface area contributed by atoms with Crippen molar-refractivity contribution in [2.45, 2.75) is 96.7 Å². The Bertz CT molecular complexity index is 1510. The number of rotatable bonds is 5. The van der Waals surface area contributed by atoms with Gasteiger partial charge in [0.15, 0.2) is 11.5 Å². The zero-order valence-corrected chi connectivity index (χ0v) is 25.8. The lowest BCUT2D eigenvalue weighted by Crippen LogP contribution is -2.78. The zero-order valence-electron chi connectivity index (χ0n) is 25.8. The van der Waals surface area contributed by atoms with Gasteiger partial charge in [-0.25, -0.2) is 0 Å². The fourth-order valence-electron chi connectivity index (χ4n) is 10.1. The van der Waals surface area contributed by atoms with Crippen LogP contribution in [0.5, 0.6) is 0 Å². The highest BCUT2D eigenvalue weighted by Gasteiger charge is 2.92. The Morgan fingerprint density at radius 3 is 2.36 bits per heavy atom. The monoisotopic (exact) mass is 614 g/mol. The SMILES string of the molecule is CCC(=O)O[C@H]1[C@H](OC(C)=O)[C@@H]2[C@]3(C)C(=C(O)C(=O)[C@@]2(C)[C@@]24O[C@@H]2C[C@@H](c2ccoc2)[C@]14C)[C@@](C)(C(=O)OC)C(=O)C[C@@H]3O. The third-order valence-electron chi connectivity index (χ3n) is 11.9. The van der Waals surface area contributed by atoms with Crippen molar-refractivity contribution >= 4 is 29.5 Å². The number of furan rings is 1. The van der Waals surface area contributed by atoms with E-state index < -0.39 is 105 Å². The van der Waals surface area contributed by atoms with E-state index in [0.29, 0.717) is 6.42 Å². The zero-order chi connectivity index (χ0) is 32.4. The standard InChI is InChI=1S/C32H38O12/c1-8-20(36)43-26-22(42-14(2)33)24-28(3)17(34)12-18(35)29(4,27(39)40-7)23(28)21(37)25(38)31(24,6)32-19(44-32)11-16(30(26,32)5)15-9-10-41-13-15/h9-10,13,16-17,19,22,24,26,34,37H,8,11-12H2,1-7H3/t16-,17-,19+,22+,24+,26-,28-,29-,30+,31-,32+/m0/s1. The lowest BCUT2D eigenvalue weighted by Gasteiger charge is -2.67. The molecule has 0 amide bonds. The minimum Gasteiger partial charge on any atom is -0.504 e. The molecular weight excluding hydrogens is 576 g/mol. The number of hydrogen-bond donors (Lipinski definition) is 2. The number of fused-ring (bicyclic) bond motifs is 3. The number of methoxy groups -OCH3 is 1. The first-order chi connectivity index (χ1) is 20.5. The molecule has 1 spiro atoms. The molecule has 4 aliphatic carbocycles. The Morgan fingerprint density at radius 2 is 1.80 bits per heavy atom. The first-order valence-corrected chi connectivity index (χ1v) is 14.9. The molecule has 0 bridgehead atoms. The second-order valence-corrected chi connectivity index (χ2v) is 13.6. The molecule has 1 aromatic heterocycles. The van der Waals surface area contributed by atoms with Crippen LogP contribution < -0.4 is 0 Å². The molecular formula is C32H38O12. The van der Waals surface area contributed by atoms with Gasteiger partial charge in [0.25, 0.3) is 0 Å². The number of aliphatic hydroxyl groups is 2. The van der Waals surface area contributed by atoms with Crippen LogP contribution in [0.3, 0.4) is 0 Å². The summed E-state index contributed by atoms with van der Waals surface area (Å²) in [5.74, 6) is -6.37. The van der Waals surface area contributed by atoms with Crippen LogP contribution in [0.1, 0.15) is 72.3 Å². The van der Waals surface area contributed by atoms with Gasteiger partial charge < -0.3 is 33.6 Å². The molecule has 2 N–H and O–H groups in total. The predicted octanol–water partition coefficient (Wildman–Crippen LogP) is 2.71. The van der Waals surface area contributed by atoms with E-state index in [1.807, 2.05) is 6.92 Å². The molecule has 12 heteroatoms. The first-order valence-electron chi connectivity index (χ1n) is 14.9. The summed E-state index contributed by atoms with van der Waals surface area (Å²) in [6.45, 7) is 9.04. The summed E-state index contributed by atoms with van der Waals surface area (Å²) in [6.07, 6.45) is -1.70. The lowest BCUT2D eigenvalue weighted by atomic mass is 9.36. The Kier molecular flexibility index (Phi) is 6.42. The summed E-state index contributed by atoms with van der Waals surface area (Å²) in [7, 11) is 1.08. The molecule has 238 valence electrons. The van der Waals surface area contributed by atoms with E-state index in [9.17, 15) is 34.2 Å². The van der Waals surface area contributed by atoms with Crippen LogP contribution >= 0.6 is 0 Å². The third-order valence-corrected chi connectivity index (χ3v) is 11.9. The number of esters is 3. The van der Waals surface area contributed by atoms with E-state index in [1.165, 1.54) is 20.1 Å². The van der Waals surface area contributed by atoms with Crippen LogP contribution in [0.4, 0.5) is 0 Å².